The fourth-order valence-corrected chi connectivity index (χ4v) is 4.83. The lowest BCUT2D eigenvalue weighted by Crippen LogP contribution is -2.45. The number of methoxy groups -OCH3 is 1. The molecule has 0 saturated carbocycles. The summed E-state index contributed by atoms with van der Waals surface area (Å²) in [4.78, 5) is 27.9. The van der Waals surface area contributed by atoms with Gasteiger partial charge in [-0.25, -0.2) is 13.6 Å². The van der Waals surface area contributed by atoms with Crippen LogP contribution in [0.5, 0.6) is 5.75 Å². The number of ether oxygens (including phenoxy) is 2. The predicted octanol–water partition coefficient (Wildman–Crippen LogP) is 6.16. The number of esters is 1. The van der Waals surface area contributed by atoms with Gasteiger partial charge in [0.15, 0.2) is 11.9 Å². The Labute approximate surface area is 219 Å². The standard InChI is InChI=1S/C29H28ClF2NO4/c1-29(2,19-7-5-4-6-8-19)16-25(34)33-14-13-18-15-20(9-10-21(18)27(33)28(35)36-3)37-17-22-24(31)12-11-23(30)26(22)32/h4-12,15,27H,13-14,16-17H2,1-3H3/t27-/m1/s1. The van der Waals surface area contributed by atoms with E-state index < -0.39 is 29.1 Å². The Balaban J connectivity index is 1.55. The lowest BCUT2D eigenvalue weighted by molar-refractivity contribution is -0.154. The van der Waals surface area contributed by atoms with E-state index in [-0.39, 0.29) is 29.5 Å². The second-order valence-electron chi connectivity index (χ2n) is 9.66. The monoisotopic (exact) mass is 527 g/mol. The highest BCUT2D eigenvalue weighted by atomic mass is 35.5. The molecule has 4 rings (SSSR count). The van der Waals surface area contributed by atoms with Gasteiger partial charge < -0.3 is 14.4 Å². The van der Waals surface area contributed by atoms with E-state index in [0.717, 1.165) is 23.3 Å². The van der Waals surface area contributed by atoms with Crippen molar-refractivity contribution in [3.8, 4) is 5.75 Å². The number of hydrogen-bond acceptors (Lipinski definition) is 4. The molecular formula is C29H28ClF2NO4. The Morgan fingerprint density at radius 2 is 1.81 bits per heavy atom. The maximum absolute atomic E-state index is 14.2. The van der Waals surface area contributed by atoms with Gasteiger partial charge in [-0.1, -0.05) is 61.8 Å². The first-order valence-electron chi connectivity index (χ1n) is 11.9. The van der Waals surface area contributed by atoms with Crippen molar-refractivity contribution >= 4 is 23.5 Å². The fourth-order valence-electron chi connectivity index (χ4n) is 4.66. The van der Waals surface area contributed by atoms with Crippen LogP contribution in [0.15, 0.2) is 60.7 Å². The van der Waals surface area contributed by atoms with Crippen molar-refractivity contribution < 1.29 is 27.8 Å². The van der Waals surface area contributed by atoms with Crippen LogP contribution < -0.4 is 4.74 Å². The van der Waals surface area contributed by atoms with Gasteiger partial charge in [-0.15, -0.1) is 0 Å². The first kappa shape index (κ1) is 26.6. The van der Waals surface area contributed by atoms with Gasteiger partial charge in [0.1, 0.15) is 18.2 Å². The van der Waals surface area contributed by atoms with Gasteiger partial charge >= 0.3 is 5.97 Å². The van der Waals surface area contributed by atoms with Crippen molar-refractivity contribution in [2.24, 2.45) is 0 Å². The lowest BCUT2D eigenvalue weighted by Gasteiger charge is -2.37. The van der Waals surface area contributed by atoms with Crippen LogP contribution in [-0.2, 0) is 32.8 Å². The SMILES string of the molecule is COC(=O)[C@H]1c2ccc(OCc3c(F)ccc(Cl)c3F)cc2CCN1C(=O)CC(C)(C)c1ccccc1. The van der Waals surface area contributed by atoms with E-state index in [2.05, 4.69) is 0 Å². The summed E-state index contributed by atoms with van der Waals surface area (Å²) in [5.41, 5.74) is 1.77. The minimum atomic E-state index is -0.898. The molecule has 3 aromatic carbocycles. The first-order chi connectivity index (χ1) is 17.6. The third-order valence-electron chi connectivity index (χ3n) is 6.76. The van der Waals surface area contributed by atoms with Gasteiger partial charge in [0.05, 0.1) is 17.7 Å². The van der Waals surface area contributed by atoms with Crippen LogP contribution in [0.3, 0.4) is 0 Å². The molecule has 194 valence electrons. The van der Waals surface area contributed by atoms with Gasteiger partial charge in [0, 0.05) is 13.0 Å². The summed E-state index contributed by atoms with van der Waals surface area (Å²) < 4.78 is 39.0. The van der Waals surface area contributed by atoms with Gasteiger partial charge in [0.2, 0.25) is 5.91 Å². The third kappa shape index (κ3) is 5.62. The number of hydrogen-bond donors (Lipinski definition) is 0. The average Bonchev–Trinajstić information content (AvgIpc) is 2.89. The Morgan fingerprint density at radius 1 is 1.08 bits per heavy atom. The van der Waals surface area contributed by atoms with E-state index in [9.17, 15) is 18.4 Å². The zero-order chi connectivity index (χ0) is 26.7. The zero-order valence-corrected chi connectivity index (χ0v) is 21.6. The van der Waals surface area contributed by atoms with Crippen LogP contribution in [0.25, 0.3) is 0 Å². The van der Waals surface area contributed by atoms with Crippen LogP contribution in [0, 0.1) is 11.6 Å². The average molecular weight is 528 g/mol. The quantitative estimate of drug-likeness (QED) is 0.272. The minimum Gasteiger partial charge on any atom is -0.489 e. The molecule has 0 aromatic heterocycles. The van der Waals surface area contributed by atoms with Gasteiger partial charge in [-0.2, -0.15) is 0 Å². The van der Waals surface area contributed by atoms with Gasteiger partial charge in [0.25, 0.3) is 0 Å². The number of carbonyl (C=O) groups excluding carboxylic acids is 2. The summed E-state index contributed by atoms with van der Waals surface area (Å²) in [6.07, 6.45) is 0.704. The summed E-state index contributed by atoms with van der Waals surface area (Å²) in [5.74, 6) is -1.92. The van der Waals surface area contributed by atoms with Crippen LogP contribution in [0.2, 0.25) is 5.02 Å². The van der Waals surface area contributed by atoms with Crippen molar-refractivity contribution in [3.63, 3.8) is 0 Å². The molecule has 3 aromatic rings. The second-order valence-corrected chi connectivity index (χ2v) is 10.1. The molecule has 5 nitrogen and oxygen atoms in total. The minimum absolute atomic E-state index is 0.151. The van der Waals surface area contributed by atoms with Crippen LogP contribution >= 0.6 is 11.6 Å². The van der Waals surface area contributed by atoms with Crippen molar-refractivity contribution in [3.05, 3.63) is 99.6 Å². The number of amides is 1. The van der Waals surface area contributed by atoms with Crippen molar-refractivity contribution in [1.29, 1.82) is 0 Å². The molecule has 0 saturated heterocycles. The predicted molar refractivity (Wildman–Crippen MR) is 136 cm³/mol. The Hall–Kier alpha value is -3.45. The van der Waals surface area contributed by atoms with Crippen LogP contribution in [-0.4, -0.2) is 30.4 Å². The molecule has 37 heavy (non-hydrogen) atoms. The molecule has 0 unspecified atom stereocenters. The topological polar surface area (TPSA) is 55.8 Å². The Kier molecular flexibility index (Phi) is 7.83. The summed E-state index contributed by atoms with van der Waals surface area (Å²) in [5, 5.41) is -0.188. The molecular weight excluding hydrogens is 500 g/mol. The van der Waals surface area contributed by atoms with E-state index in [4.69, 9.17) is 21.1 Å². The van der Waals surface area contributed by atoms with Crippen LogP contribution in [0.1, 0.15) is 48.6 Å². The van der Waals surface area contributed by atoms with Crippen LogP contribution in [0.4, 0.5) is 8.78 Å². The first-order valence-corrected chi connectivity index (χ1v) is 12.3. The molecule has 1 aliphatic rings. The number of nitrogens with zero attached hydrogens (tertiary/aromatic N) is 1. The number of rotatable bonds is 7. The molecule has 1 heterocycles. The molecule has 0 fully saturated rings. The summed E-state index contributed by atoms with van der Waals surface area (Å²) in [7, 11) is 1.29. The van der Waals surface area contributed by atoms with Crippen molar-refractivity contribution in [2.45, 2.75) is 44.8 Å². The van der Waals surface area contributed by atoms with Gasteiger partial charge in [-0.05, 0) is 52.8 Å². The number of benzene rings is 3. The maximum atomic E-state index is 14.2. The van der Waals surface area contributed by atoms with E-state index in [1.165, 1.54) is 7.11 Å². The van der Waals surface area contributed by atoms with E-state index in [1.807, 2.05) is 44.2 Å². The molecule has 0 radical (unpaired) electrons. The molecule has 1 atom stereocenters. The smallest absolute Gasteiger partial charge is 0.333 e. The number of fused-ring (bicyclic) bond motifs is 1. The van der Waals surface area contributed by atoms with E-state index in [0.29, 0.717) is 24.3 Å². The highest BCUT2D eigenvalue weighted by Crippen LogP contribution is 2.36. The summed E-state index contributed by atoms with van der Waals surface area (Å²) in [6, 6.07) is 16.1. The molecule has 1 amide bonds. The molecule has 8 heteroatoms. The normalized spacial score (nSPS) is 15.2. The highest BCUT2D eigenvalue weighted by molar-refractivity contribution is 6.30. The van der Waals surface area contributed by atoms with E-state index in [1.54, 1.807) is 23.1 Å². The maximum Gasteiger partial charge on any atom is 0.333 e. The van der Waals surface area contributed by atoms with Crippen molar-refractivity contribution in [2.75, 3.05) is 13.7 Å². The lowest BCUT2D eigenvalue weighted by atomic mass is 9.80. The molecule has 0 bridgehead atoms. The summed E-state index contributed by atoms with van der Waals surface area (Å²) in [6.45, 7) is 3.97. The number of carbonyl (C=O) groups is 2. The largest absolute Gasteiger partial charge is 0.489 e. The fraction of sp³-hybridized carbons (Fsp3) is 0.310. The third-order valence-corrected chi connectivity index (χ3v) is 7.05. The summed E-state index contributed by atoms with van der Waals surface area (Å²) >= 11 is 5.76. The molecule has 0 N–H and O–H groups in total. The van der Waals surface area contributed by atoms with Crippen molar-refractivity contribution in [1.82, 2.24) is 4.90 Å². The molecule has 0 spiro atoms. The molecule has 0 aliphatic carbocycles. The van der Waals surface area contributed by atoms with E-state index >= 15 is 0 Å². The Bertz CT molecular complexity index is 1310. The Morgan fingerprint density at radius 3 is 2.51 bits per heavy atom. The second kappa shape index (κ2) is 10.9. The molecule has 1 aliphatic heterocycles. The number of halogens is 3. The highest BCUT2D eigenvalue weighted by Gasteiger charge is 2.38. The van der Waals surface area contributed by atoms with Gasteiger partial charge in [-0.3, -0.25) is 4.79 Å². The zero-order valence-electron chi connectivity index (χ0n) is 20.9.